The maximum atomic E-state index is 12.3. The molecule has 1 aliphatic rings. The summed E-state index contributed by atoms with van der Waals surface area (Å²) in [4.78, 5) is 16.2. The predicted octanol–water partition coefficient (Wildman–Crippen LogP) is 1.24. The van der Waals surface area contributed by atoms with E-state index in [0.717, 1.165) is 25.1 Å². The lowest BCUT2D eigenvalue weighted by Gasteiger charge is -2.27. The molecule has 0 bridgehead atoms. The Bertz CT molecular complexity index is 421. The molecule has 2 rings (SSSR count). The van der Waals surface area contributed by atoms with Crippen molar-refractivity contribution in [2.24, 2.45) is 5.73 Å². The van der Waals surface area contributed by atoms with Crippen LogP contribution in [0, 0.1) is 0 Å². The fourth-order valence-electron chi connectivity index (χ4n) is 2.48. The van der Waals surface area contributed by atoms with E-state index >= 15 is 0 Å². The van der Waals surface area contributed by atoms with Crippen molar-refractivity contribution in [3.05, 3.63) is 35.9 Å². The van der Waals surface area contributed by atoms with Gasteiger partial charge in [-0.2, -0.15) is 0 Å². The van der Waals surface area contributed by atoms with Crippen LogP contribution in [0.25, 0.3) is 0 Å². The van der Waals surface area contributed by atoms with Gasteiger partial charge in [0.1, 0.15) is 0 Å². The highest BCUT2D eigenvalue weighted by atomic mass is 16.2. The monoisotopic (exact) mass is 261 g/mol. The molecule has 0 radical (unpaired) electrons. The van der Waals surface area contributed by atoms with Gasteiger partial charge in [0.25, 0.3) is 0 Å². The van der Waals surface area contributed by atoms with Crippen LogP contribution in [0.15, 0.2) is 30.3 Å². The lowest BCUT2D eigenvalue weighted by Crippen LogP contribution is -2.39. The number of nitrogens with zero attached hydrogens (tertiary/aromatic N) is 2. The molecule has 1 saturated heterocycles. The van der Waals surface area contributed by atoms with Gasteiger partial charge < -0.3 is 10.6 Å². The summed E-state index contributed by atoms with van der Waals surface area (Å²) in [6.07, 6.45) is 0.991. The second-order valence-electron chi connectivity index (χ2n) is 5.38. The first-order chi connectivity index (χ1) is 9.08. The molecule has 1 amide bonds. The number of amides is 1. The van der Waals surface area contributed by atoms with Gasteiger partial charge in [0.05, 0.1) is 12.6 Å². The predicted molar refractivity (Wildman–Crippen MR) is 76.7 cm³/mol. The highest BCUT2D eigenvalue weighted by Gasteiger charge is 2.24. The molecule has 1 fully saturated rings. The Morgan fingerprint density at radius 1 is 1.47 bits per heavy atom. The Kier molecular flexibility index (Phi) is 4.56. The van der Waals surface area contributed by atoms with Gasteiger partial charge >= 0.3 is 0 Å². The molecule has 1 heterocycles. The van der Waals surface area contributed by atoms with Crippen LogP contribution in [0.2, 0.25) is 0 Å². The van der Waals surface area contributed by atoms with Crippen molar-refractivity contribution in [1.29, 1.82) is 0 Å². The Labute approximate surface area is 115 Å². The Morgan fingerprint density at radius 3 is 2.74 bits per heavy atom. The van der Waals surface area contributed by atoms with E-state index in [1.165, 1.54) is 0 Å². The van der Waals surface area contributed by atoms with E-state index in [1.807, 2.05) is 30.1 Å². The highest BCUT2D eigenvalue weighted by Crippen LogP contribution is 2.18. The van der Waals surface area contributed by atoms with Gasteiger partial charge in [-0.05, 0) is 18.9 Å². The summed E-state index contributed by atoms with van der Waals surface area (Å²) in [5.74, 6) is 0.158. The second kappa shape index (κ2) is 6.17. The van der Waals surface area contributed by atoms with E-state index in [1.54, 1.807) is 0 Å². The average molecular weight is 261 g/mol. The molecule has 1 aromatic carbocycles. The van der Waals surface area contributed by atoms with Crippen molar-refractivity contribution in [3.63, 3.8) is 0 Å². The van der Waals surface area contributed by atoms with Gasteiger partial charge in [-0.25, -0.2) is 0 Å². The second-order valence-corrected chi connectivity index (χ2v) is 5.38. The molecule has 0 aromatic heterocycles. The molecular formula is C15H23N3O. The highest BCUT2D eigenvalue weighted by molar-refractivity contribution is 5.78. The third-order valence-corrected chi connectivity index (χ3v) is 3.92. The first-order valence-corrected chi connectivity index (χ1v) is 6.86. The summed E-state index contributed by atoms with van der Waals surface area (Å²) in [6, 6.07) is 10.4. The van der Waals surface area contributed by atoms with Gasteiger partial charge in [0, 0.05) is 26.2 Å². The zero-order chi connectivity index (χ0) is 13.8. The Hall–Kier alpha value is -1.39. The summed E-state index contributed by atoms with van der Waals surface area (Å²) in [5, 5.41) is 0. The third-order valence-electron chi connectivity index (χ3n) is 3.92. The smallest absolute Gasteiger partial charge is 0.236 e. The number of benzene rings is 1. The molecule has 0 aliphatic carbocycles. The number of hydrogen-bond donors (Lipinski definition) is 1. The van der Waals surface area contributed by atoms with Crippen LogP contribution in [-0.4, -0.2) is 48.4 Å². The van der Waals surface area contributed by atoms with Crippen LogP contribution in [0.4, 0.5) is 0 Å². The summed E-state index contributed by atoms with van der Waals surface area (Å²) in [5.41, 5.74) is 7.02. The van der Waals surface area contributed by atoms with Crippen molar-refractivity contribution >= 4 is 5.91 Å². The minimum atomic E-state index is 0.102. The van der Waals surface area contributed by atoms with Gasteiger partial charge in [-0.3, -0.25) is 9.69 Å². The van der Waals surface area contributed by atoms with Gasteiger partial charge in [-0.15, -0.1) is 0 Å². The Morgan fingerprint density at radius 2 is 2.16 bits per heavy atom. The summed E-state index contributed by atoms with van der Waals surface area (Å²) in [6.45, 7) is 4.30. The first-order valence-electron chi connectivity index (χ1n) is 6.86. The van der Waals surface area contributed by atoms with Crippen LogP contribution in [0.3, 0.4) is 0 Å². The fourth-order valence-corrected chi connectivity index (χ4v) is 2.48. The van der Waals surface area contributed by atoms with Crippen molar-refractivity contribution in [2.75, 3.05) is 26.7 Å². The molecule has 19 heavy (non-hydrogen) atoms. The maximum absolute atomic E-state index is 12.3. The van der Waals surface area contributed by atoms with E-state index < -0.39 is 0 Å². The molecule has 0 saturated carbocycles. The molecule has 104 valence electrons. The van der Waals surface area contributed by atoms with Crippen LogP contribution in [-0.2, 0) is 4.79 Å². The summed E-state index contributed by atoms with van der Waals surface area (Å²) in [7, 11) is 1.87. The molecule has 4 nitrogen and oxygen atoms in total. The van der Waals surface area contributed by atoms with E-state index in [2.05, 4.69) is 24.0 Å². The molecular weight excluding hydrogens is 238 g/mol. The van der Waals surface area contributed by atoms with E-state index in [0.29, 0.717) is 6.54 Å². The number of rotatable bonds is 4. The van der Waals surface area contributed by atoms with E-state index in [4.69, 9.17) is 5.73 Å². The minimum Gasteiger partial charge on any atom is -0.338 e. The zero-order valence-corrected chi connectivity index (χ0v) is 11.7. The molecule has 2 unspecified atom stereocenters. The average Bonchev–Trinajstić information content (AvgIpc) is 2.83. The maximum Gasteiger partial charge on any atom is 0.236 e. The Balaban J connectivity index is 1.92. The number of hydrogen-bond acceptors (Lipinski definition) is 3. The van der Waals surface area contributed by atoms with Crippen molar-refractivity contribution in [1.82, 2.24) is 9.80 Å². The van der Waals surface area contributed by atoms with E-state index in [-0.39, 0.29) is 18.0 Å². The van der Waals surface area contributed by atoms with Crippen molar-refractivity contribution < 1.29 is 4.79 Å². The largest absolute Gasteiger partial charge is 0.338 e. The van der Waals surface area contributed by atoms with Crippen LogP contribution >= 0.6 is 0 Å². The molecule has 2 N–H and O–H groups in total. The molecule has 0 spiro atoms. The topological polar surface area (TPSA) is 49.6 Å². The normalized spacial score (nSPS) is 21.3. The number of nitrogens with two attached hydrogens (primary N) is 1. The first kappa shape index (κ1) is 14.0. The number of carbonyl (C=O) groups excluding carboxylic acids is 1. The molecule has 2 atom stereocenters. The zero-order valence-electron chi connectivity index (χ0n) is 11.7. The lowest BCUT2D eigenvalue weighted by atomic mass is 10.1. The fraction of sp³-hybridized carbons (Fsp3) is 0.533. The third kappa shape index (κ3) is 3.55. The number of likely N-dealkylation sites (N-methyl/N-ethyl adjacent to an activating group) is 1. The van der Waals surface area contributed by atoms with Crippen LogP contribution < -0.4 is 5.73 Å². The molecule has 1 aliphatic heterocycles. The molecule has 1 aromatic rings. The van der Waals surface area contributed by atoms with E-state index in [9.17, 15) is 4.79 Å². The van der Waals surface area contributed by atoms with Crippen LogP contribution in [0.1, 0.15) is 24.9 Å². The van der Waals surface area contributed by atoms with Gasteiger partial charge in [0.15, 0.2) is 0 Å². The summed E-state index contributed by atoms with van der Waals surface area (Å²) >= 11 is 0. The SMILES string of the molecule is CC(c1ccccc1)N(C)C(=O)CN1CCC(N)C1. The minimum absolute atomic E-state index is 0.102. The number of carbonyl (C=O) groups is 1. The van der Waals surface area contributed by atoms with Gasteiger partial charge in [0.2, 0.25) is 5.91 Å². The van der Waals surface area contributed by atoms with Gasteiger partial charge in [-0.1, -0.05) is 30.3 Å². The van der Waals surface area contributed by atoms with Crippen LogP contribution in [0.5, 0.6) is 0 Å². The quantitative estimate of drug-likeness (QED) is 0.887. The van der Waals surface area contributed by atoms with Crippen molar-refractivity contribution in [3.8, 4) is 0 Å². The number of likely N-dealkylation sites (tertiary alicyclic amines) is 1. The lowest BCUT2D eigenvalue weighted by molar-refractivity contribution is -0.132. The van der Waals surface area contributed by atoms with Crippen molar-refractivity contribution in [2.45, 2.75) is 25.4 Å². The standard InChI is InChI=1S/C15H23N3O/c1-12(13-6-4-3-5-7-13)17(2)15(19)11-18-9-8-14(16)10-18/h3-7,12,14H,8-11,16H2,1-2H3. The molecule has 4 heteroatoms. The summed E-state index contributed by atoms with van der Waals surface area (Å²) < 4.78 is 0.